The van der Waals surface area contributed by atoms with E-state index in [9.17, 15) is 39.6 Å². The zero-order valence-electron chi connectivity index (χ0n) is 25.4. The molecule has 0 bridgehead atoms. The number of carbonyl (C=O) groups excluding carboxylic acids is 1. The number of amides is 1. The highest BCUT2D eigenvalue weighted by Crippen LogP contribution is 2.44. The van der Waals surface area contributed by atoms with Gasteiger partial charge in [0, 0.05) is 37.3 Å². The predicted octanol–water partition coefficient (Wildman–Crippen LogP) is 7.18. The van der Waals surface area contributed by atoms with Gasteiger partial charge in [-0.05, 0) is 92.2 Å². The molecule has 6 rings (SSSR count). The quantitative estimate of drug-likeness (QED) is 0.256. The zero-order valence-corrected chi connectivity index (χ0v) is 27.1. The fraction of sp³-hybridized carbons (Fsp3) is 0.485. The Morgan fingerprint density at radius 3 is 2.09 bits per heavy atom. The number of likely N-dealkylation sites (tertiary alicyclic amines) is 2. The van der Waals surface area contributed by atoms with E-state index in [0.717, 1.165) is 37.9 Å². The van der Waals surface area contributed by atoms with Gasteiger partial charge in [-0.15, -0.1) is 11.3 Å². The average Bonchev–Trinajstić information content (AvgIpc) is 3.73. The van der Waals surface area contributed by atoms with Crippen LogP contribution in [0.25, 0.3) is 0 Å². The first kappa shape index (κ1) is 33.9. The molecule has 3 aliphatic rings. The molecular formula is C33H35F6N3O3S2. The molecule has 14 heteroatoms. The van der Waals surface area contributed by atoms with Crippen LogP contribution in [-0.4, -0.2) is 73.2 Å². The number of piperidine rings is 2. The van der Waals surface area contributed by atoms with Crippen LogP contribution in [0, 0.1) is 5.41 Å². The van der Waals surface area contributed by atoms with Crippen LogP contribution >= 0.6 is 11.3 Å². The van der Waals surface area contributed by atoms with Crippen LogP contribution in [0.5, 0.6) is 0 Å². The second-order valence-electron chi connectivity index (χ2n) is 12.9. The highest BCUT2D eigenvalue weighted by Gasteiger charge is 2.46. The van der Waals surface area contributed by atoms with Crippen molar-refractivity contribution in [2.45, 2.75) is 67.2 Å². The summed E-state index contributed by atoms with van der Waals surface area (Å²) < 4.78 is 110. The molecule has 3 aromatic rings. The third kappa shape index (κ3) is 7.25. The molecule has 0 N–H and O–H groups in total. The summed E-state index contributed by atoms with van der Waals surface area (Å²) in [6, 6.07) is 13.3. The van der Waals surface area contributed by atoms with Crippen molar-refractivity contribution in [2.24, 2.45) is 5.41 Å². The number of sulfonamides is 1. The summed E-state index contributed by atoms with van der Waals surface area (Å²) >= 11 is 1.21. The van der Waals surface area contributed by atoms with Crippen molar-refractivity contribution in [3.05, 3.63) is 88.3 Å². The zero-order chi connectivity index (χ0) is 33.6. The molecule has 3 saturated heterocycles. The van der Waals surface area contributed by atoms with Gasteiger partial charge in [-0.1, -0.05) is 36.4 Å². The molecule has 2 atom stereocenters. The second-order valence-corrected chi connectivity index (χ2v) is 16.0. The molecule has 1 amide bonds. The maximum absolute atomic E-state index is 13.7. The van der Waals surface area contributed by atoms with Gasteiger partial charge >= 0.3 is 12.4 Å². The van der Waals surface area contributed by atoms with Gasteiger partial charge in [0.1, 0.15) is 4.21 Å². The topological polar surface area (TPSA) is 60.9 Å². The number of halogens is 6. The molecule has 47 heavy (non-hydrogen) atoms. The lowest BCUT2D eigenvalue weighted by Crippen LogP contribution is -2.55. The molecule has 1 spiro atoms. The number of carbonyl (C=O) groups is 1. The van der Waals surface area contributed by atoms with Crippen LogP contribution in [0.15, 0.2) is 70.3 Å². The molecular weight excluding hydrogens is 665 g/mol. The summed E-state index contributed by atoms with van der Waals surface area (Å²) in [5, 5.41) is 1.75. The van der Waals surface area contributed by atoms with Crippen LogP contribution in [0.4, 0.5) is 26.3 Å². The molecule has 2 aromatic carbocycles. The Hall–Kier alpha value is -2.94. The number of nitrogens with zero attached hydrogens (tertiary/aromatic N) is 3. The molecule has 4 heterocycles. The van der Waals surface area contributed by atoms with Crippen molar-refractivity contribution in [3.63, 3.8) is 0 Å². The van der Waals surface area contributed by atoms with E-state index >= 15 is 0 Å². The Kier molecular flexibility index (Phi) is 9.26. The van der Waals surface area contributed by atoms with Crippen molar-refractivity contribution in [3.8, 4) is 0 Å². The van der Waals surface area contributed by atoms with Crippen molar-refractivity contribution >= 4 is 27.3 Å². The van der Waals surface area contributed by atoms with Crippen molar-refractivity contribution < 1.29 is 39.6 Å². The summed E-state index contributed by atoms with van der Waals surface area (Å²) in [5.74, 6) is -0.850. The molecule has 3 fully saturated rings. The first-order chi connectivity index (χ1) is 22.1. The normalized spacial score (nSPS) is 23.0. The van der Waals surface area contributed by atoms with E-state index in [1.54, 1.807) is 21.8 Å². The number of hydrogen-bond acceptors (Lipinski definition) is 5. The Balaban J connectivity index is 1.18. The number of alkyl halides is 6. The SMILES string of the molecule is O=C(c1cc(C(F)(F)F)cc(C(F)(F)F)c1)N1CCC(N2CCC3(CC2)CCN(S(=O)(=O)c2cccs2)C3)CC1Cc1ccccc1. The highest BCUT2D eigenvalue weighted by atomic mass is 32.2. The van der Waals surface area contributed by atoms with Gasteiger partial charge in [-0.3, -0.25) is 4.79 Å². The molecule has 254 valence electrons. The van der Waals surface area contributed by atoms with Crippen molar-refractivity contribution in [1.82, 2.24) is 14.1 Å². The van der Waals surface area contributed by atoms with E-state index < -0.39 is 51.0 Å². The molecule has 0 aliphatic carbocycles. The number of benzene rings is 2. The van der Waals surface area contributed by atoms with Gasteiger partial charge < -0.3 is 9.80 Å². The standard InChI is InChI=1S/C33H35F6N3O3S2/c34-32(35,36)25-18-24(19-26(20-25)33(37,38)39)30(43)42-12-8-27(21-28(42)17-23-5-2-1-3-6-23)40-13-9-31(10-14-40)11-15-41(22-31)47(44,45)29-7-4-16-46-29/h1-7,16,18-20,27-28H,8-15,17,21-22H2. The second kappa shape index (κ2) is 12.8. The fourth-order valence-electron chi connectivity index (χ4n) is 7.36. The minimum atomic E-state index is -5.05. The number of hydrogen-bond donors (Lipinski definition) is 0. The largest absolute Gasteiger partial charge is 0.416 e. The number of thiophene rings is 1. The third-order valence-electron chi connectivity index (χ3n) is 9.97. The van der Waals surface area contributed by atoms with E-state index in [1.807, 2.05) is 30.3 Å². The van der Waals surface area contributed by atoms with Crippen LogP contribution in [-0.2, 0) is 28.8 Å². The van der Waals surface area contributed by atoms with Crippen LogP contribution < -0.4 is 0 Å². The summed E-state index contributed by atoms with van der Waals surface area (Å²) in [7, 11) is -3.52. The lowest BCUT2D eigenvalue weighted by atomic mass is 9.77. The van der Waals surface area contributed by atoms with Gasteiger partial charge in [-0.25, -0.2) is 8.42 Å². The molecule has 3 aliphatic heterocycles. The first-order valence-corrected chi connectivity index (χ1v) is 17.9. The summed E-state index contributed by atoms with van der Waals surface area (Å²) in [4.78, 5) is 17.5. The van der Waals surface area contributed by atoms with Crippen LogP contribution in [0.3, 0.4) is 0 Å². The van der Waals surface area contributed by atoms with Gasteiger partial charge in [-0.2, -0.15) is 30.6 Å². The van der Waals surface area contributed by atoms with E-state index in [2.05, 4.69) is 4.90 Å². The van der Waals surface area contributed by atoms with Gasteiger partial charge in [0.05, 0.1) is 11.1 Å². The van der Waals surface area contributed by atoms with E-state index in [-0.39, 0.29) is 24.1 Å². The summed E-state index contributed by atoms with van der Waals surface area (Å²) in [6.07, 6.45) is -6.25. The Morgan fingerprint density at radius 2 is 1.49 bits per heavy atom. The monoisotopic (exact) mass is 699 g/mol. The summed E-state index contributed by atoms with van der Waals surface area (Å²) in [6.45, 7) is 2.62. The van der Waals surface area contributed by atoms with Crippen molar-refractivity contribution in [1.29, 1.82) is 0 Å². The van der Waals surface area contributed by atoms with E-state index in [0.29, 0.717) is 48.7 Å². The lowest BCUT2D eigenvalue weighted by molar-refractivity contribution is -0.143. The Morgan fingerprint density at radius 1 is 0.851 bits per heavy atom. The molecule has 2 unspecified atom stereocenters. The third-order valence-corrected chi connectivity index (χ3v) is 13.2. The Bertz CT molecular complexity index is 1640. The van der Waals surface area contributed by atoms with Crippen molar-refractivity contribution in [2.75, 3.05) is 32.7 Å². The van der Waals surface area contributed by atoms with E-state index in [1.165, 1.54) is 16.2 Å². The fourth-order valence-corrected chi connectivity index (χ4v) is 10.1. The highest BCUT2D eigenvalue weighted by molar-refractivity contribution is 7.91. The Labute approximate surface area is 274 Å². The van der Waals surface area contributed by atoms with Gasteiger partial charge in [0.25, 0.3) is 15.9 Å². The van der Waals surface area contributed by atoms with Gasteiger partial charge in [0.2, 0.25) is 0 Å². The average molecular weight is 700 g/mol. The van der Waals surface area contributed by atoms with E-state index in [4.69, 9.17) is 0 Å². The maximum Gasteiger partial charge on any atom is 0.416 e. The molecule has 0 saturated carbocycles. The maximum atomic E-state index is 13.7. The minimum Gasteiger partial charge on any atom is -0.335 e. The smallest absolute Gasteiger partial charge is 0.335 e. The molecule has 6 nitrogen and oxygen atoms in total. The molecule has 0 radical (unpaired) electrons. The van der Waals surface area contributed by atoms with Gasteiger partial charge in [0.15, 0.2) is 0 Å². The number of rotatable bonds is 6. The summed E-state index contributed by atoms with van der Waals surface area (Å²) in [5.41, 5.74) is -2.86. The van der Waals surface area contributed by atoms with Crippen LogP contribution in [0.2, 0.25) is 0 Å². The lowest BCUT2D eigenvalue weighted by Gasteiger charge is -2.47. The predicted molar refractivity (Wildman–Crippen MR) is 165 cm³/mol. The van der Waals surface area contributed by atoms with Crippen LogP contribution in [0.1, 0.15) is 59.2 Å². The minimum absolute atomic E-state index is 0.0365. The molecule has 1 aromatic heterocycles. The first-order valence-electron chi connectivity index (χ1n) is 15.6.